The summed E-state index contributed by atoms with van der Waals surface area (Å²) in [6.07, 6.45) is 0.894. The fourth-order valence-electron chi connectivity index (χ4n) is 3.08. The number of rotatable bonds is 4. The summed E-state index contributed by atoms with van der Waals surface area (Å²) in [7, 11) is 0. The highest BCUT2D eigenvalue weighted by Crippen LogP contribution is 2.25. The number of nitrogens with one attached hydrogen (secondary N) is 2. The Hall–Kier alpha value is -4.14. The normalized spacial score (nSPS) is 11.5. The number of aromatic nitrogens is 2. The first-order valence-electron chi connectivity index (χ1n) is 9.08. The van der Waals surface area contributed by atoms with Gasteiger partial charge in [-0.2, -0.15) is 0 Å². The Morgan fingerprint density at radius 1 is 1.27 bits per heavy atom. The number of nitrogens with zero attached hydrogens (tertiary/aromatic N) is 1. The van der Waals surface area contributed by atoms with E-state index in [0.717, 1.165) is 17.7 Å². The number of ether oxygens (including phenoxy) is 1. The van der Waals surface area contributed by atoms with E-state index in [1.807, 2.05) is 12.1 Å². The van der Waals surface area contributed by atoms with Gasteiger partial charge in [0.25, 0.3) is 17.9 Å². The van der Waals surface area contributed by atoms with Crippen molar-refractivity contribution in [2.45, 2.75) is 13.0 Å². The topological polar surface area (TPSA) is 147 Å². The van der Waals surface area contributed by atoms with Crippen LogP contribution in [-0.2, 0) is 17.8 Å². The molecule has 1 amide bonds. The predicted molar refractivity (Wildman–Crippen MR) is 110 cm³/mol. The maximum atomic E-state index is 12.5. The van der Waals surface area contributed by atoms with Crippen molar-refractivity contribution in [2.75, 3.05) is 12.3 Å². The largest absolute Gasteiger partial charge is 0.493 e. The number of hydrogen-bond donors (Lipinski definition) is 4. The molecule has 0 spiro atoms. The van der Waals surface area contributed by atoms with E-state index in [4.69, 9.17) is 20.4 Å². The van der Waals surface area contributed by atoms with Gasteiger partial charge in [0, 0.05) is 30.2 Å². The molecule has 1 aliphatic heterocycles. The van der Waals surface area contributed by atoms with Crippen molar-refractivity contribution in [3.8, 4) is 17.0 Å². The van der Waals surface area contributed by atoms with Gasteiger partial charge in [-0.1, -0.05) is 24.3 Å². The Kier molecular flexibility index (Phi) is 6.43. The van der Waals surface area contributed by atoms with Crippen LogP contribution in [0.3, 0.4) is 0 Å². The monoisotopic (exact) mass is 408 g/mol. The third-order valence-corrected chi connectivity index (χ3v) is 4.39. The summed E-state index contributed by atoms with van der Waals surface area (Å²) in [5.74, 6) is 0.752. The smallest absolute Gasteiger partial charge is 0.290 e. The van der Waals surface area contributed by atoms with Crippen molar-refractivity contribution in [1.29, 1.82) is 0 Å². The molecule has 0 atom stereocenters. The minimum Gasteiger partial charge on any atom is -0.493 e. The van der Waals surface area contributed by atoms with E-state index in [1.165, 1.54) is 11.6 Å². The molecule has 154 valence electrons. The average Bonchev–Trinajstić information content (AvgIpc) is 3.20. The van der Waals surface area contributed by atoms with Gasteiger partial charge in [-0.25, -0.2) is 4.98 Å². The SMILES string of the molecule is Nc1nc(-c2cccc(C(=O)NCc3ccc4c(c3)CCO4)c2)cc(=O)[nH]1.O=CO. The van der Waals surface area contributed by atoms with Crippen molar-refractivity contribution in [2.24, 2.45) is 0 Å². The Morgan fingerprint density at radius 3 is 2.83 bits per heavy atom. The van der Waals surface area contributed by atoms with Crippen molar-refractivity contribution < 1.29 is 19.4 Å². The number of aromatic amines is 1. The van der Waals surface area contributed by atoms with Crippen molar-refractivity contribution in [3.05, 3.63) is 75.6 Å². The first-order valence-corrected chi connectivity index (χ1v) is 9.08. The second kappa shape index (κ2) is 9.37. The van der Waals surface area contributed by atoms with Crippen molar-refractivity contribution >= 4 is 18.3 Å². The number of amides is 1. The van der Waals surface area contributed by atoms with E-state index in [1.54, 1.807) is 24.3 Å². The Morgan fingerprint density at radius 2 is 2.07 bits per heavy atom. The lowest BCUT2D eigenvalue weighted by atomic mass is 10.1. The molecule has 4 rings (SSSR count). The lowest BCUT2D eigenvalue weighted by molar-refractivity contribution is -0.122. The second-order valence-corrected chi connectivity index (χ2v) is 6.43. The van der Waals surface area contributed by atoms with Crippen LogP contribution in [0.15, 0.2) is 53.3 Å². The number of carbonyl (C=O) groups excluding carboxylic acids is 1. The van der Waals surface area contributed by atoms with Gasteiger partial charge >= 0.3 is 0 Å². The molecule has 1 aromatic heterocycles. The molecule has 0 bridgehead atoms. The summed E-state index contributed by atoms with van der Waals surface area (Å²) in [6.45, 7) is 0.880. The Labute approximate surface area is 171 Å². The molecular formula is C21H20N4O5. The van der Waals surface area contributed by atoms with E-state index < -0.39 is 0 Å². The van der Waals surface area contributed by atoms with Crippen LogP contribution in [0.5, 0.6) is 5.75 Å². The van der Waals surface area contributed by atoms with Crippen LogP contribution in [0.2, 0.25) is 0 Å². The maximum Gasteiger partial charge on any atom is 0.290 e. The van der Waals surface area contributed by atoms with E-state index in [9.17, 15) is 9.59 Å². The first-order chi connectivity index (χ1) is 14.5. The molecule has 9 nitrogen and oxygen atoms in total. The molecule has 30 heavy (non-hydrogen) atoms. The third-order valence-electron chi connectivity index (χ3n) is 4.39. The number of anilines is 1. The highest BCUT2D eigenvalue weighted by atomic mass is 16.5. The van der Waals surface area contributed by atoms with Gasteiger partial charge in [-0.3, -0.25) is 19.4 Å². The molecule has 3 aromatic rings. The molecule has 2 heterocycles. The molecule has 0 fully saturated rings. The molecule has 1 aliphatic rings. The lowest BCUT2D eigenvalue weighted by Crippen LogP contribution is -2.22. The average molecular weight is 408 g/mol. The zero-order valence-corrected chi connectivity index (χ0v) is 15.9. The molecule has 0 radical (unpaired) electrons. The minimum absolute atomic E-state index is 0.0351. The van der Waals surface area contributed by atoms with Crippen LogP contribution < -0.4 is 21.3 Å². The number of hydrogen-bond acceptors (Lipinski definition) is 6. The van der Waals surface area contributed by atoms with Crippen LogP contribution in [0.25, 0.3) is 11.3 Å². The summed E-state index contributed by atoms with van der Waals surface area (Å²) in [5.41, 5.74) is 8.99. The predicted octanol–water partition coefficient (Wildman–Crippen LogP) is 1.58. The Balaban J connectivity index is 0.000000806. The van der Waals surface area contributed by atoms with Crippen LogP contribution in [0.4, 0.5) is 5.95 Å². The highest BCUT2D eigenvalue weighted by molar-refractivity contribution is 5.95. The summed E-state index contributed by atoms with van der Waals surface area (Å²) >= 11 is 0. The fourth-order valence-corrected chi connectivity index (χ4v) is 3.08. The summed E-state index contributed by atoms with van der Waals surface area (Å²) in [5, 5.41) is 9.80. The molecule has 5 N–H and O–H groups in total. The molecule has 0 saturated carbocycles. The van der Waals surface area contributed by atoms with Crippen molar-refractivity contribution in [1.82, 2.24) is 15.3 Å². The number of carboxylic acid groups (broad SMARTS) is 1. The van der Waals surface area contributed by atoms with Crippen LogP contribution in [0.1, 0.15) is 21.5 Å². The zero-order chi connectivity index (χ0) is 21.5. The first kappa shape index (κ1) is 20.6. The number of benzene rings is 2. The summed E-state index contributed by atoms with van der Waals surface area (Å²) in [6, 6.07) is 14.2. The number of carbonyl (C=O) groups is 2. The zero-order valence-electron chi connectivity index (χ0n) is 15.9. The Bertz CT molecular complexity index is 1130. The molecule has 9 heteroatoms. The number of nitrogens with two attached hydrogens (primary N) is 1. The lowest BCUT2D eigenvalue weighted by Gasteiger charge is -2.08. The molecule has 0 saturated heterocycles. The van der Waals surface area contributed by atoms with Crippen LogP contribution >= 0.6 is 0 Å². The van der Waals surface area contributed by atoms with Gasteiger partial charge in [0.05, 0.1) is 12.3 Å². The second-order valence-electron chi connectivity index (χ2n) is 6.43. The molecule has 0 unspecified atom stereocenters. The van der Waals surface area contributed by atoms with Gasteiger partial charge in [-0.05, 0) is 29.3 Å². The van der Waals surface area contributed by atoms with Crippen LogP contribution in [0, 0.1) is 0 Å². The number of H-pyrrole nitrogens is 1. The van der Waals surface area contributed by atoms with Gasteiger partial charge in [0.15, 0.2) is 0 Å². The van der Waals surface area contributed by atoms with E-state index >= 15 is 0 Å². The van der Waals surface area contributed by atoms with Gasteiger partial charge in [0.1, 0.15) is 5.75 Å². The van der Waals surface area contributed by atoms with Crippen molar-refractivity contribution in [3.63, 3.8) is 0 Å². The highest BCUT2D eigenvalue weighted by Gasteiger charge is 2.13. The van der Waals surface area contributed by atoms with Crippen LogP contribution in [-0.4, -0.2) is 34.1 Å². The number of fused-ring (bicyclic) bond motifs is 1. The van der Waals surface area contributed by atoms with E-state index in [0.29, 0.717) is 30.0 Å². The van der Waals surface area contributed by atoms with E-state index in [-0.39, 0.29) is 23.9 Å². The van der Waals surface area contributed by atoms with Gasteiger partial charge < -0.3 is 20.9 Å². The fraction of sp³-hybridized carbons (Fsp3) is 0.143. The number of nitrogen functional groups attached to an aromatic ring is 1. The molecular weight excluding hydrogens is 388 g/mol. The maximum absolute atomic E-state index is 12.5. The van der Waals surface area contributed by atoms with E-state index in [2.05, 4.69) is 21.4 Å². The quantitative estimate of drug-likeness (QED) is 0.479. The van der Waals surface area contributed by atoms with Gasteiger partial charge in [0.2, 0.25) is 5.95 Å². The standard InChI is InChI=1S/C20H18N4O3.CH2O2/c21-20-23-16(10-18(25)24-20)13-2-1-3-15(9-13)19(26)22-11-12-4-5-17-14(8-12)6-7-27-17;2-1-3/h1-5,8-10H,6-7,11H2,(H,22,26)(H3,21,23,24,25);1H,(H,2,3). The van der Waals surface area contributed by atoms with Gasteiger partial charge in [-0.15, -0.1) is 0 Å². The molecule has 0 aliphatic carbocycles. The molecule has 2 aromatic carbocycles. The minimum atomic E-state index is -0.340. The summed E-state index contributed by atoms with van der Waals surface area (Å²) < 4.78 is 5.49. The summed E-state index contributed by atoms with van der Waals surface area (Å²) in [4.78, 5) is 39.0. The third kappa shape index (κ3) is 5.02.